The van der Waals surface area contributed by atoms with Crippen molar-refractivity contribution in [1.29, 1.82) is 0 Å². The largest absolute Gasteiger partial charge is 0.508 e. The van der Waals surface area contributed by atoms with Crippen LogP contribution in [0.15, 0.2) is 24.3 Å². The van der Waals surface area contributed by atoms with Gasteiger partial charge in [0.05, 0.1) is 0 Å². The maximum absolute atomic E-state index is 11.2. The topological polar surface area (TPSA) is 161 Å². The van der Waals surface area contributed by atoms with E-state index in [1.54, 1.807) is 0 Å². The van der Waals surface area contributed by atoms with E-state index in [2.05, 4.69) is 0 Å². The van der Waals surface area contributed by atoms with Crippen LogP contribution in [0.3, 0.4) is 0 Å². The standard InChI is InChI=1S/C7H11NO7P2/c8-7(16(10,11)12,17(13,14)15)5-3-1-2-4-6(5)9/h1-4,9H,8H2,(H2,10,11,12)(H2,13,14,15). The molecule has 0 bridgehead atoms. The summed E-state index contributed by atoms with van der Waals surface area (Å²) in [4.78, 5) is 36.1. The van der Waals surface area contributed by atoms with Gasteiger partial charge < -0.3 is 30.4 Å². The van der Waals surface area contributed by atoms with Crippen LogP contribution in [0.5, 0.6) is 5.75 Å². The third-order valence-corrected chi connectivity index (χ3v) is 6.01. The number of phenolic OH excluding ortho intramolecular Hbond substituents is 1. The third kappa shape index (κ3) is 2.29. The van der Waals surface area contributed by atoms with Gasteiger partial charge in [-0.3, -0.25) is 9.13 Å². The molecule has 0 aliphatic carbocycles. The Morgan fingerprint density at radius 3 is 1.76 bits per heavy atom. The molecule has 1 rings (SSSR count). The van der Waals surface area contributed by atoms with Gasteiger partial charge in [0, 0.05) is 5.56 Å². The van der Waals surface area contributed by atoms with E-state index >= 15 is 0 Å². The van der Waals surface area contributed by atoms with E-state index < -0.39 is 31.5 Å². The van der Waals surface area contributed by atoms with Crippen molar-refractivity contribution in [2.45, 2.75) is 5.02 Å². The molecule has 0 heterocycles. The fourth-order valence-corrected chi connectivity index (χ4v) is 3.63. The lowest BCUT2D eigenvalue weighted by Crippen LogP contribution is -2.36. The highest BCUT2D eigenvalue weighted by Gasteiger charge is 2.59. The summed E-state index contributed by atoms with van der Waals surface area (Å²) in [6.45, 7) is 0. The minimum absolute atomic E-state index is 0.707. The van der Waals surface area contributed by atoms with Gasteiger partial charge in [-0.1, -0.05) is 18.2 Å². The Morgan fingerprint density at radius 1 is 1.00 bits per heavy atom. The number of benzene rings is 1. The van der Waals surface area contributed by atoms with Gasteiger partial charge in [0.25, 0.3) is 0 Å². The number of hydrogen-bond acceptors (Lipinski definition) is 4. The molecule has 1 aromatic carbocycles. The predicted octanol–water partition coefficient (Wildman–Crippen LogP) is -0.183. The van der Waals surface area contributed by atoms with Crippen molar-refractivity contribution in [2.75, 3.05) is 0 Å². The first-order valence-corrected chi connectivity index (χ1v) is 7.43. The summed E-state index contributed by atoms with van der Waals surface area (Å²) >= 11 is 0. The molecule has 0 unspecified atom stereocenters. The van der Waals surface area contributed by atoms with Crippen molar-refractivity contribution in [3.05, 3.63) is 29.8 Å². The summed E-state index contributed by atoms with van der Waals surface area (Å²) in [5.74, 6) is -0.707. The van der Waals surface area contributed by atoms with Crippen LogP contribution in [-0.4, -0.2) is 24.7 Å². The summed E-state index contributed by atoms with van der Waals surface area (Å²) < 4.78 is 22.4. The van der Waals surface area contributed by atoms with Crippen molar-refractivity contribution in [3.63, 3.8) is 0 Å². The lowest BCUT2D eigenvalue weighted by Gasteiger charge is -2.31. The molecule has 17 heavy (non-hydrogen) atoms. The number of phenols is 1. The molecule has 96 valence electrons. The van der Waals surface area contributed by atoms with Crippen LogP contribution in [-0.2, 0) is 14.2 Å². The van der Waals surface area contributed by atoms with E-state index in [1.807, 2.05) is 0 Å². The average Bonchev–Trinajstić information content (AvgIpc) is 2.13. The zero-order valence-electron chi connectivity index (χ0n) is 8.33. The van der Waals surface area contributed by atoms with Crippen molar-refractivity contribution in [2.24, 2.45) is 5.73 Å². The SMILES string of the molecule is NC(c1ccccc1O)(P(=O)(O)O)P(=O)(O)O. The number of hydrogen-bond donors (Lipinski definition) is 6. The second kappa shape index (κ2) is 4.19. The normalized spacial score (nSPS) is 13.7. The molecule has 0 aliphatic rings. The molecule has 0 saturated carbocycles. The molecule has 0 radical (unpaired) electrons. The molecule has 7 N–H and O–H groups in total. The van der Waals surface area contributed by atoms with Gasteiger partial charge >= 0.3 is 15.2 Å². The maximum atomic E-state index is 11.2. The summed E-state index contributed by atoms with van der Waals surface area (Å²) in [6, 6.07) is 4.51. The average molecular weight is 283 g/mol. The number of aromatic hydroxyl groups is 1. The first kappa shape index (κ1) is 14.3. The highest BCUT2D eigenvalue weighted by Crippen LogP contribution is 2.72. The molecule has 0 fully saturated rings. The number of para-hydroxylation sites is 1. The summed E-state index contributed by atoms with van der Waals surface area (Å²) in [5, 5.41) is 6.15. The Hall–Kier alpha value is -0.720. The van der Waals surface area contributed by atoms with E-state index in [9.17, 15) is 14.2 Å². The van der Waals surface area contributed by atoms with Crippen molar-refractivity contribution < 1.29 is 33.8 Å². The second-order valence-electron chi connectivity index (χ2n) is 3.33. The van der Waals surface area contributed by atoms with Gasteiger partial charge in [-0.05, 0) is 6.07 Å². The van der Waals surface area contributed by atoms with Gasteiger partial charge in [-0.25, -0.2) is 0 Å². The van der Waals surface area contributed by atoms with Crippen LogP contribution in [0.1, 0.15) is 5.56 Å². The lowest BCUT2D eigenvalue weighted by atomic mass is 10.2. The molecule has 0 spiro atoms. The van der Waals surface area contributed by atoms with Gasteiger partial charge in [-0.2, -0.15) is 0 Å². The molecule has 0 amide bonds. The molecule has 10 heteroatoms. The van der Waals surface area contributed by atoms with E-state index in [0.29, 0.717) is 0 Å². The van der Waals surface area contributed by atoms with Gasteiger partial charge in [0.1, 0.15) is 5.75 Å². The lowest BCUT2D eigenvalue weighted by molar-refractivity contribution is 0.307. The Labute approximate surface area is 96.0 Å². The molecule has 0 atom stereocenters. The number of rotatable bonds is 3. The Kier molecular flexibility index (Phi) is 3.53. The number of nitrogens with two attached hydrogens (primary N) is 1. The molecular weight excluding hydrogens is 272 g/mol. The van der Waals surface area contributed by atoms with E-state index in [1.165, 1.54) is 12.1 Å². The van der Waals surface area contributed by atoms with Crippen LogP contribution in [0.25, 0.3) is 0 Å². The monoisotopic (exact) mass is 283 g/mol. The fraction of sp³-hybridized carbons (Fsp3) is 0.143. The molecule has 0 aliphatic heterocycles. The van der Waals surface area contributed by atoms with Gasteiger partial charge in [0.15, 0.2) is 0 Å². The summed E-state index contributed by atoms with van der Waals surface area (Å²) in [7, 11) is -10.8. The second-order valence-corrected chi connectivity index (χ2v) is 7.27. The van der Waals surface area contributed by atoms with E-state index in [-0.39, 0.29) is 0 Å². The third-order valence-electron chi connectivity index (χ3n) is 2.19. The molecular formula is C7H11NO7P2. The maximum Gasteiger partial charge on any atom is 0.362 e. The highest BCUT2D eigenvalue weighted by atomic mass is 31.2. The van der Waals surface area contributed by atoms with Crippen LogP contribution >= 0.6 is 15.2 Å². The van der Waals surface area contributed by atoms with Crippen molar-refractivity contribution in [3.8, 4) is 5.75 Å². The van der Waals surface area contributed by atoms with E-state index in [4.69, 9.17) is 25.3 Å². The Bertz CT molecular complexity index is 497. The summed E-state index contributed by atoms with van der Waals surface area (Å²) in [6.07, 6.45) is 0. The molecule has 1 aromatic rings. The van der Waals surface area contributed by atoms with Gasteiger partial charge in [-0.15, -0.1) is 0 Å². The summed E-state index contributed by atoms with van der Waals surface area (Å²) in [5.41, 5.74) is 4.48. The molecule has 8 nitrogen and oxygen atoms in total. The minimum atomic E-state index is -5.40. The fourth-order valence-electron chi connectivity index (χ4n) is 1.27. The van der Waals surface area contributed by atoms with Crippen LogP contribution in [0.2, 0.25) is 0 Å². The minimum Gasteiger partial charge on any atom is -0.508 e. The van der Waals surface area contributed by atoms with Gasteiger partial charge in [0.2, 0.25) is 5.02 Å². The van der Waals surface area contributed by atoms with Crippen LogP contribution < -0.4 is 5.73 Å². The first-order chi connectivity index (χ1) is 7.52. The zero-order chi connectivity index (χ0) is 13.5. The Balaban J connectivity index is 3.65. The van der Waals surface area contributed by atoms with Crippen molar-refractivity contribution in [1.82, 2.24) is 0 Å². The predicted molar refractivity (Wildman–Crippen MR) is 58.1 cm³/mol. The quantitative estimate of drug-likeness (QED) is 0.416. The zero-order valence-corrected chi connectivity index (χ0v) is 10.1. The van der Waals surface area contributed by atoms with Crippen LogP contribution in [0.4, 0.5) is 0 Å². The van der Waals surface area contributed by atoms with E-state index in [0.717, 1.165) is 12.1 Å². The molecule has 0 aromatic heterocycles. The molecule has 0 saturated heterocycles. The first-order valence-electron chi connectivity index (χ1n) is 4.20. The highest BCUT2D eigenvalue weighted by molar-refractivity contribution is 7.71. The Morgan fingerprint density at radius 2 is 1.41 bits per heavy atom. The van der Waals surface area contributed by atoms with Crippen molar-refractivity contribution >= 4 is 15.2 Å². The van der Waals surface area contributed by atoms with Crippen LogP contribution in [0, 0.1) is 0 Å². The smallest absolute Gasteiger partial charge is 0.362 e.